The number of aryl methyl sites for hydroxylation is 2. The van der Waals surface area contributed by atoms with Gasteiger partial charge in [-0.2, -0.15) is 18.3 Å². The van der Waals surface area contributed by atoms with E-state index in [4.69, 9.17) is 0 Å². The number of carbonyl (C=O) groups excluding carboxylic acids is 1. The number of nitrogens with one attached hydrogen (secondary N) is 1. The third kappa shape index (κ3) is 3.82. The summed E-state index contributed by atoms with van der Waals surface area (Å²) in [6, 6.07) is 5.65. The second kappa shape index (κ2) is 7.26. The third-order valence-corrected chi connectivity index (χ3v) is 4.17. The van der Waals surface area contributed by atoms with Crippen LogP contribution in [0.25, 0.3) is 11.1 Å². The van der Waals surface area contributed by atoms with Crippen LogP contribution < -0.4 is 5.32 Å². The lowest BCUT2D eigenvalue weighted by atomic mass is 10.0. The summed E-state index contributed by atoms with van der Waals surface area (Å²) in [5.41, 5.74) is -3.44. The highest BCUT2D eigenvalue weighted by Gasteiger charge is 2.38. The van der Waals surface area contributed by atoms with Gasteiger partial charge in [-0.25, -0.2) is 13.2 Å². The average Bonchev–Trinajstić information content (AvgIpc) is 3.01. The second-order valence-corrected chi connectivity index (χ2v) is 6.24. The lowest BCUT2D eigenvalue weighted by molar-refractivity contribution is -0.141. The summed E-state index contributed by atoms with van der Waals surface area (Å²) in [6.07, 6.45) is -3.98. The Balaban J connectivity index is 2.01. The van der Waals surface area contributed by atoms with Crippen LogP contribution in [0.4, 0.5) is 32.0 Å². The van der Waals surface area contributed by atoms with Crippen molar-refractivity contribution in [1.29, 1.82) is 0 Å². The second-order valence-electron chi connectivity index (χ2n) is 6.24. The Hall–Kier alpha value is -3.30. The first kappa shape index (κ1) is 20.4. The summed E-state index contributed by atoms with van der Waals surface area (Å²) < 4.78 is 83.0. The number of hydrogen-bond donors (Lipinski definition) is 1. The first-order valence-electron chi connectivity index (χ1n) is 8.16. The van der Waals surface area contributed by atoms with Crippen LogP contribution in [-0.4, -0.2) is 15.7 Å². The van der Waals surface area contributed by atoms with E-state index >= 15 is 0 Å². The Morgan fingerprint density at radius 2 is 1.72 bits per heavy atom. The van der Waals surface area contributed by atoms with Gasteiger partial charge >= 0.3 is 6.18 Å². The van der Waals surface area contributed by atoms with Gasteiger partial charge in [-0.15, -0.1) is 0 Å². The van der Waals surface area contributed by atoms with E-state index in [1.54, 1.807) is 0 Å². The fraction of sp³-hybridized carbons (Fsp3) is 0.158. The number of rotatable bonds is 3. The largest absolute Gasteiger partial charge is 0.435 e. The van der Waals surface area contributed by atoms with Crippen LogP contribution in [0.15, 0.2) is 36.5 Å². The van der Waals surface area contributed by atoms with Crippen molar-refractivity contribution >= 4 is 11.6 Å². The number of amides is 1. The van der Waals surface area contributed by atoms with E-state index in [1.165, 1.54) is 26.1 Å². The normalized spacial score (nSPS) is 11.6. The number of alkyl halides is 3. The van der Waals surface area contributed by atoms with Gasteiger partial charge in [0.25, 0.3) is 5.91 Å². The molecule has 1 heterocycles. The van der Waals surface area contributed by atoms with Crippen LogP contribution in [0.2, 0.25) is 0 Å². The number of nitrogens with zero attached hydrogens (tertiary/aromatic N) is 2. The molecule has 0 radical (unpaired) electrons. The SMILES string of the molecule is Cc1cccc(F)c1C(=O)Nc1ccc(-c2cn(C)nc2C(F)(F)F)c(F)c1F. The molecule has 1 amide bonds. The maximum atomic E-state index is 14.5. The van der Waals surface area contributed by atoms with Gasteiger partial charge in [0.15, 0.2) is 17.3 Å². The minimum absolute atomic E-state index is 0.269. The van der Waals surface area contributed by atoms with Gasteiger partial charge in [0.2, 0.25) is 0 Å². The molecule has 0 spiro atoms. The summed E-state index contributed by atoms with van der Waals surface area (Å²) in [5, 5.41) is 5.29. The van der Waals surface area contributed by atoms with Crippen molar-refractivity contribution in [2.24, 2.45) is 7.05 Å². The van der Waals surface area contributed by atoms with Gasteiger partial charge in [-0.1, -0.05) is 12.1 Å². The number of aromatic nitrogens is 2. The molecule has 29 heavy (non-hydrogen) atoms. The molecule has 0 atom stereocenters. The summed E-state index contributed by atoms with van der Waals surface area (Å²) in [5.74, 6) is -5.07. The summed E-state index contributed by atoms with van der Waals surface area (Å²) in [6.45, 7) is 1.46. The number of halogens is 6. The first-order valence-corrected chi connectivity index (χ1v) is 8.16. The molecule has 1 N–H and O–H groups in total. The molecule has 3 aromatic rings. The number of anilines is 1. The lowest BCUT2D eigenvalue weighted by Crippen LogP contribution is -2.17. The van der Waals surface area contributed by atoms with E-state index in [9.17, 15) is 31.1 Å². The van der Waals surface area contributed by atoms with Crippen molar-refractivity contribution in [1.82, 2.24) is 9.78 Å². The van der Waals surface area contributed by atoms with Gasteiger partial charge < -0.3 is 5.32 Å². The standard InChI is InChI=1S/C19H13F6N3O/c1-9-4-3-5-12(20)14(9)18(29)26-13-7-6-10(15(21)16(13)22)11-8-28(2)27-17(11)19(23,24)25/h3-8H,1-2H3,(H,26,29). The Morgan fingerprint density at radius 1 is 1.03 bits per heavy atom. The molecule has 0 aliphatic carbocycles. The zero-order chi connectivity index (χ0) is 21.5. The van der Waals surface area contributed by atoms with E-state index in [0.717, 1.165) is 29.1 Å². The van der Waals surface area contributed by atoms with E-state index in [2.05, 4.69) is 5.10 Å². The van der Waals surface area contributed by atoms with Gasteiger partial charge in [-0.05, 0) is 30.7 Å². The smallest absolute Gasteiger partial charge is 0.319 e. The Morgan fingerprint density at radius 3 is 2.34 bits per heavy atom. The first-order chi connectivity index (χ1) is 13.5. The van der Waals surface area contributed by atoms with Crippen LogP contribution in [0.5, 0.6) is 0 Å². The minimum atomic E-state index is -4.88. The van der Waals surface area contributed by atoms with E-state index in [0.29, 0.717) is 0 Å². The van der Waals surface area contributed by atoms with Crippen LogP contribution in [0.3, 0.4) is 0 Å². The molecular weight excluding hydrogens is 400 g/mol. The lowest BCUT2D eigenvalue weighted by Gasteiger charge is -2.12. The molecule has 0 aliphatic rings. The van der Waals surface area contributed by atoms with Gasteiger partial charge in [0, 0.05) is 24.4 Å². The van der Waals surface area contributed by atoms with Crippen LogP contribution in [-0.2, 0) is 13.2 Å². The minimum Gasteiger partial charge on any atom is -0.319 e. The van der Waals surface area contributed by atoms with Crippen molar-refractivity contribution in [3.63, 3.8) is 0 Å². The molecule has 0 saturated carbocycles. The molecule has 0 saturated heterocycles. The molecule has 0 aliphatic heterocycles. The highest BCUT2D eigenvalue weighted by molar-refractivity contribution is 6.05. The average molecular weight is 413 g/mol. The van der Waals surface area contributed by atoms with Crippen LogP contribution >= 0.6 is 0 Å². The van der Waals surface area contributed by atoms with Crippen molar-refractivity contribution in [3.8, 4) is 11.1 Å². The monoisotopic (exact) mass is 413 g/mol. The molecule has 10 heteroatoms. The maximum absolute atomic E-state index is 14.5. The Labute approximate surface area is 160 Å². The Kier molecular flexibility index (Phi) is 5.12. The summed E-state index contributed by atoms with van der Waals surface area (Å²) in [4.78, 5) is 12.3. The molecule has 152 valence electrons. The van der Waals surface area contributed by atoms with Crippen LogP contribution in [0.1, 0.15) is 21.6 Å². The van der Waals surface area contributed by atoms with E-state index in [-0.39, 0.29) is 11.1 Å². The maximum Gasteiger partial charge on any atom is 0.435 e. The predicted molar refractivity (Wildman–Crippen MR) is 92.7 cm³/mol. The van der Waals surface area contributed by atoms with Gasteiger partial charge in [-0.3, -0.25) is 9.48 Å². The summed E-state index contributed by atoms with van der Waals surface area (Å²) >= 11 is 0. The van der Waals surface area contributed by atoms with Gasteiger partial charge in [0.1, 0.15) is 5.82 Å². The number of benzene rings is 2. The van der Waals surface area contributed by atoms with Crippen molar-refractivity contribution < 1.29 is 31.1 Å². The fourth-order valence-corrected chi connectivity index (χ4v) is 2.85. The highest BCUT2D eigenvalue weighted by Crippen LogP contribution is 2.38. The van der Waals surface area contributed by atoms with E-state index < -0.39 is 52.0 Å². The quantitative estimate of drug-likeness (QED) is 0.609. The highest BCUT2D eigenvalue weighted by atomic mass is 19.4. The van der Waals surface area contributed by atoms with Crippen molar-refractivity contribution in [2.75, 3.05) is 5.32 Å². The van der Waals surface area contributed by atoms with Crippen molar-refractivity contribution in [2.45, 2.75) is 13.1 Å². The molecule has 4 nitrogen and oxygen atoms in total. The molecule has 2 aromatic carbocycles. The zero-order valence-electron chi connectivity index (χ0n) is 15.0. The number of hydrogen-bond acceptors (Lipinski definition) is 2. The predicted octanol–water partition coefficient (Wildman–Crippen LogP) is 5.08. The van der Waals surface area contributed by atoms with Crippen LogP contribution in [0, 0.1) is 24.4 Å². The molecule has 0 bridgehead atoms. The molecule has 0 unspecified atom stereocenters. The summed E-state index contributed by atoms with van der Waals surface area (Å²) in [7, 11) is 1.21. The van der Waals surface area contributed by atoms with Gasteiger partial charge in [0.05, 0.1) is 11.3 Å². The molecular formula is C19H13F6N3O. The number of carbonyl (C=O) groups is 1. The third-order valence-electron chi connectivity index (χ3n) is 4.17. The fourth-order valence-electron chi connectivity index (χ4n) is 2.85. The molecule has 1 aromatic heterocycles. The van der Waals surface area contributed by atoms with E-state index in [1.807, 2.05) is 5.32 Å². The topological polar surface area (TPSA) is 46.9 Å². The Bertz CT molecular complexity index is 1080. The molecule has 0 fully saturated rings. The van der Waals surface area contributed by atoms with Crippen molar-refractivity contribution in [3.05, 3.63) is 70.8 Å². The zero-order valence-corrected chi connectivity index (χ0v) is 15.0. The molecule has 3 rings (SSSR count).